The van der Waals surface area contributed by atoms with E-state index < -0.39 is 0 Å². The summed E-state index contributed by atoms with van der Waals surface area (Å²) in [7, 11) is 1.98. The zero-order valence-electron chi connectivity index (χ0n) is 16.3. The number of para-hydroxylation sites is 1. The summed E-state index contributed by atoms with van der Waals surface area (Å²) < 4.78 is 6.19. The summed E-state index contributed by atoms with van der Waals surface area (Å²) in [5.41, 5.74) is 3.18. The van der Waals surface area contributed by atoms with Crippen molar-refractivity contribution in [2.45, 2.75) is 24.3 Å². The molecule has 5 heteroatoms. The highest BCUT2D eigenvalue weighted by Crippen LogP contribution is 2.40. The van der Waals surface area contributed by atoms with Gasteiger partial charge < -0.3 is 10.1 Å². The van der Waals surface area contributed by atoms with Crippen LogP contribution in [-0.4, -0.2) is 13.3 Å². The van der Waals surface area contributed by atoms with Crippen molar-refractivity contribution in [1.82, 2.24) is 5.32 Å². The molecule has 2 nitrogen and oxygen atoms in total. The fourth-order valence-electron chi connectivity index (χ4n) is 2.98. The second kappa shape index (κ2) is 8.79. The van der Waals surface area contributed by atoms with Crippen molar-refractivity contribution in [2.24, 2.45) is 0 Å². The van der Waals surface area contributed by atoms with Crippen molar-refractivity contribution in [3.63, 3.8) is 0 Å². The van der Waals surface area contributed by atoms with Crippen molar-refractivity contribution in [1.29, 1.82) is 0 Å². The van der Waals surface area contributed by atoms with Gasteiger partial charge in [0.15, 0.2) is 0 Å². The number of nitrogens with one attached hydrogen (secondary N) is 1. The van der Waals surface area contributed by atoms with Crippen LogP contribution in [0.2, 0.25) is 10.0 Å². The van der Waals surface area contributed by atoms with Gasteiger partial charge >= 0.3 is 0 Å². The molecule has 0 aromatic heterocycles. The van der Waals surface area contributed by atoms with Crippen molar-refractivity contribution in [3.8, 4) is 22.6 Å². The molecule has 0 bridgehead atoms. The van der Waals surface area contributed by atoms with E-state index >= 15 is 0 Å². The van der Waals surface area contributed by atoms with Crippen molar-refractivity contribution in [3.05, 3.63) is 76.3 Å². The molecular formula is C23H23Cl2NOS. The second-order valence-corrected chi connectivity index (χ2v) is 8.65. The van der Waals surface area contributed by atoms with Crippen LogP contribution < -0.4 is 10.1 Å². The molecule has 0 aliphatic carbocycles. The van der Waals surface area contributed by atoms with Crippen LogP contribution in [0.4, 0.5) is 0 Å². The minimum absolute atomic E-state index is 0.197. The summed E-state index contributed by atoms with van der Waals surface area (Å²) in [6.07, 6.45) is 2.09. The number of benzene rings is 3. The number of rotatable bonds is 6. The van der Waals surface area contributed by atoms with E-state index in [4.69, 9.17) is 27.9 Å². The molecule has 0 amide bonds. The van der Waals surface area contributed by atoms with Gasteiger partial charge in [-0.3, -0.25) is 0 Å². The number of hydrogen-bond acceptors (Lipinski definition) is 3. The van der Waals surface area contributed by atoms with Crippen molar-refractivity contribution in [2.75, 3.05) is 13.3 Å². The average Bonchev–Trinajstić information content (AvgIpc) is 2.71. The normalized spacial score (nSPS) is 11.5. The van der Waals surface area contributed by atoms with Crippen LogP contribution in [-0.2, 0) is 5.54 Å². The average molecular weight is 432 g/mol. The van der Waals surface area contributed by atoms with Crippen molar-refractivity contribution >= 4 is 35.0 Å². The van der Waals surface area contributed by atoms with Crippen LogP contribution in [0.5, 0.6) is 11.5 Å². The second-order valence-electron chi connectivity index (χ2n) is 6.96. The molecule has 3 rings (SSSR count). The maximum Gasteiger partial charge on any atom is 0.135 e. The first-order valence-electron chi connectivity index (χ1n) is 8.95. The van der Waals surface area contributed by atoms with E-state index in [0.717, 1.165) is 16.9 Å². The van der Waals surface area contributed by atoms with Gasteiger partial charge in [0.05, 0.1) is 10.0 Å². The van der Waals surface area contributed by atoms with Gasteiger partial charge in [-0.2, -0.15) is 0 Å². The first kappa shape index (κ1) is 21.1. The van der Waals surface area contributed by atoms with Gasteiger partial charge in [0.1, 0.15) is 11.5 Å². The van der Waals surface area contributed by atoms with E-state index in [9.17, 15) is 0 Å². The first-order chi connectivity index (χ1) is 13.4. The Morgan fingerprint density at radius 2 is 1.64 bits per heavy atom. The van der Waals surface area contributed by atoms with Gasteiger partial charge in [0, 0.05) is 22.1 Å². The van der Waals surface area contributed by atoms with E-state index in [1.807, 2.05) is 31.3 Å². The molecule has 28 heavy (non-hydrogen) atoms. The van der Waals surface area contributed by atoms with Crippen LogP contribution >= 0.6 is 35.0 Å². The maximum absolute atomic E-state index is 6.19. The molecule has 146 valence electrons. The fraction of sp³-hybridized carbons (Fsp3) is 0.217. The van der Waals surface area contributed by atoms with Crippen molar-refractivity contribution < 1.29 is 4.74 Å². The highest BCUT2D eigenvalue weighted by atomic mass is 35.5. The van der Waals surface area contributed by atoms with Crippen LogP contribution in [0.15, 0.2) is 65.6 Å². The number of halogens is 2. The highest BCUT2D eigenvalue weighted by molar-refractivity contribution is 7.98. The summed E-state index contributed by atoms with van der Waals surface area (Å²) in [5.74, 6) is 1.42. The predicted octanol–water partition coefficient (Wildman–Crippen LogP) is 7.63. The summed E-state index contributed by atoms with van der Waals surface area (Å²) in [6.45, 7) is 4.36. The summed E-state index contributed by atoms with van der Waals surface area (Å²) in [4.78, 5) is 1.23. The van der Waals surface area contributed by atoms with E-state index in [1.165, 1.54) is 10.5 Å². The van der Waals surface area contributed by atoms with Gasteiger partial charge in [0.25, 0.3) is 0 Å². The minimum Gasteiger partial charge on any atom is -0.457 e. The van der Waals surface area contributed by atoms with E-state index in [2.05, 4.69) is 49.7 Å². The summed E-state index contributed by atoms with van der Waals surface area (Å²) in [5, 5.41) is 4.40. The van der Waals surface area contributed by atoms with Crippen LogP contribution in [0.25, 0.3) is 11.1 Å². The topological polar surface area (TPSA) is 21.3 Å². The maximum atomic E-state index is 6.19. The minimum atomic E-state index is -0.197. The molecule has 0 saturated carbocycles. The summed E-state index contributed by atoms with van der Waals surface area (Å²) in [6, 6.07) is 19.9. The molecular weight excluding hydrogens is 409 g/mol. The molecule has 0 aliphatic heterocycles. The third-order valence-electron chi connectivity index (χ3n) is 4.82. The Bertz CT molecular complexity index is 988. The molecule has 0 saturated heterocycles. The van der Waals surface area contributed by atoms with Crippen LogP contribution in [0.1, 0.15) is 19.4 Å². The Morgan fingerprint density at radius 1 is 0.893 bits per heavy atom. The Morgan fingerprint density at radius 3 is 2.32 bits per heavy atom. The SMILES string of the molecule is CNC(C)(C)c1cc(SC)ccc1-c1ccccc1Oc1ccc(Cl)c(Cl)c1. The number of hydrogen-bond donors (Lipinski definition) is 1. The molecule has 1 N–H and O–H groups in total. The zero-order valence-corrected chi connectivity index (χ0v) is 18.7. The van der Waals surface area contributed by atoms with E-state index in [0.29, 0.717) is 15.8 Å². The van der Waals surface area contributed by atoms with Gasteiger partial charge in [-0.15, -0.1) is 11.8 Å². The molecule has 0 fully saturated rings. The quantitative estimate of drug-likeness (QED) is 0.405. The lowest BCUT2D eigenvalue weighted by molar-refractivity contribution is 0.444. The summed E-state index contributed by atoms with van der Waals surface area (Å²) >= 11 is 13.9. The Labute approximate surface area is 181 Å². The van der Waals surface area contributed by atoms with Crippen LogP contribution in [0.3, 0.4) is 0 Å². The van der Waals surface area contributed by atoms with Gasteiger partial charge in [-0.25, -0.2) is 0 Å². The first-order valence-corrected chi connectivity index (χ1v) is 10.9. The molecule has 0 spiro atoms. The highest BCUT2D eigenvalue weighted by Gasteiger charge is 2.24. The Balaban J connectivity index is 2.11. The zero-order chi connectivity index (χ0) is 20.3. The Hall–Kier alpha value is -1.65. The molecule has 3 aromatic rings. The molecule has 0 heterocycles. The lowest BCUT2D eigenvalue weighted by Crippen LogP contribution is -2.33. The number of ether oxygens (including phenoxy) is 1. The van der Waals surface area contributed by atoms with Gasteiger partial charge in [-0.05, 0) is 68.6 Å². The van der Waals surface area contributed by atoms with Gasteiger partial charge in [0.2, 0.25) is 0 Å². The molecule has 0 unspecified atom stereocenters. The fourth-order valence-corrected chi connectivity index (χ4v) is 3.71. The third kappa shape index (κ3) is 4.49. The largest absolute Gasteiger partial charge is 0.457 e. The third-order valence-corrected chi connectivity index (χ3v) is 6.29. The standard InChI is InChI=1S/C23H23Cl2NOS/c1-23(2,26-3)19-14-16(28-4)10-11-17(19)18-7-5-6-8-22(18)27-15-9-12-20(24)21(25)13-15/h5-14,26H,1-4H3. The van der Waals surface area contributed by atoms with Crippen LogP contribution in [0, 0.1) is 0 Å². The molecule has 0 atom stereocenters. The lowest BCUT2D eigenvalue weighted by atomic mass is 9.87. The Kier molecular flexibility index (Phi) is 6.61. The monoisotopic (exact) mass is 431 g/mol. The molecule has 3 aromatic carbocycles. The molecule has 0 radical (unpaired) electrons. The van der Waals surface area contributed by atoms with E-state index in [1.54, 1.807) is 23.9 Å². The molecule has 0 aliphatic rings. The van der Waals surface area contributed by atoms with Gasteiger partial charge in [-0.1, -0.05) is 47.5 Å². The predicted molar refractivity (Wildman–Crippen MR) is 122 cm³/mol. The number of thioether (sulfide) groups is 1. The smallest absolute Gasteiger partial charge is 0.135 e. The lowest BCUT2D eigenvalue weighted by Gasteiger charge is -2.28. The van der Waals surface area contributed by atoms with E-state index in [-0.39, 0.29) is 5.54 Å².